The molecule has 0 saturated carbocycles. The average molecular weight is 251 g/mol. The van der Waals surface area contributed by atoms with Gasteiger partial charge < -0.3 is 16.2 Å². The molecule has 18 heavy (non-hydrogen) atoms. The fraction of sp³-hybridized carbons (Fsp3) is 0.400. The highest BCUT2D eigenvalue weighted by Gasteiger charge is 2.36. The van der Waals surface area contributed by atoms with Crippen LogP contribution in [0.25, 0.3) is 0 Å². The van der Waals surface area contributed by atoms with E-state index in [2.05, 4.69) is 14.7 Å². The number of carbonyl (C=O) groups is 2. The van der Waals surface area contributed by atoms with Gasteiger partial charge in [0.15, 0.2) is 0 Å². The van der Waals surface area contributed by atoms with Crippen molar-refractivity contribution in [2.24, 2.45) is 5.92 Å². The second kappa shape index (κ2) is 4.47. The molecule has 96 valence electrons. The van der Waals surface area contributed by atoms with E-state index in [4.69, 9.17) is 11.5 Å². The molecule has 8 heteroatoms. The monoisotopic (exact) mass is 251 g/mol. The summed E-state index contributed by atoms with van der Waals surface area (Å²) in [5.41, 5.74) is 11.0. The van der Waals surface area contributed by atoms with E-state index in [-0.39, 0.29) is 30.6 Å². The highest BCUT2D eigenvalue weighted by molar-refractivity contribution is 5.99. The van der Waals surface area contributed by atoms with Gasteiger partial charge in [0, 0.05) is 19.0 Å². The van der Waals surface area contributed by atoms with Crippen molar-refractivity contribution in [3.05, 3.63) is 6.07 Å². The molecule has 1 fully saturated rings. The van der Waals surface area contributed by atoms with Gasteiger partial charge in [-0.05, 0) is 0 Å². The molecule has 1 unspecified atom stereocenters. The zero-order valence-electron chi connectivity index (χ0n) is 9.79. The van der Waals surface area contributed by atoms with E-state index < -0.39 is 11.9 Å². The van der Waals surface area contributed by atoms with Crippen LogP contribution in [0.15, 0.2) is 6.07 Å². The number of hydrogen-bond donors (Lipinski definition) is 2. The Kier molecular flexibility index (Phi) is 3.00. The topological polar surface area (TPSA) is 124 Å². The van der Waals surface area contributed by atoms with Crippen molar-refractivity contribution in [2.75, 3.05) is 30.0 Å². The number of esters is 1. The summed E-state index contributed by atoms with van der Waals surface area (Å²) >= 11 is 0. The maximum atomic E-state index is 11.8. The molecule has 4 N–H and O–H groups in total. The maximum Gasteiger partial charge on any atom is 0.311 e. The van der Waals surface area contributed by atoms with Gasteiger partial charge in [-0.2, -0.15) is 9.97 Å². The number of nitrogens with two attached hydrogens (primary N) is 2. The Labute approximate surface area is 103 Å². The molecule has 1 atom stereocenters. The number of aromatic nitrogens is 2. The molecule has 2 rings (SSSR count). The first-order valence-electron chi connectivity index (χ1n) is 5.29. The van der Waals surface area contributed by atoms with Crippen LogP contribution in [0.2, 0.25) is 0 Å². The van der Waals surface area contributed by atoms with Crippen LogP contribution in [0, 0.1) is 5.92 Å². The Morgan fingerprint density at radius 1 is 1.50 bits per heavy atom. The maximum absolute atomic E-state index is 11.8. The first kappa shape index (κ1) is 12.1. The highest BCUT2D eigenvalue weighted by atomic mass is 16.5. The lowest BCUT2D eigenvalue weighted by Gasteiger charge is -2.15. The molecule has 0 spiro atoms. The molecule has 1 aliphatic rings. The van der Waals surface area contributed by atoms with Gasteiger partial charge in [-0.3, -0.25) is 14.5 Å². The van der Waals surface area contributed by atoms with Crippen molar-refractivity contribution in [2.45, 2.75) is 6.42 Å². The van der Waals surface area contributed by atoms with E-state index in [1.165, 1.54) is 18.1 Å². The summed E-state index contributed by atoms with van der Waals surface area (Å²) in [6, 6.07) is 1.44. The van der Waals surface area contributed by atoms with Crippen LogP contribution < -0.4 is 16.4 Å². The second-order valence-electron chi connectivity index (χ2n) is 3.94. The summed E-state index contributed by atoms with van der Waals surface area (Å²) in [4.78, 5) is 32.2. The number of methoxy groups -OCH3 is 1. The number of ether oxygens (including phenoxy) is 1. The molecular formula is C10H13N5O3. The minimum absolute atomic E-state index is 0.0145. The fourth-order valence-corrected chi connectivity index (χ4v) is 1.86. The van der Waals surface area contributed by atoms with Crippen LogP contribution in [-0.4, -0.2) is 35.5 Å². The van der Waals surface area contributed by atoms with E-state index in [0.717, 1.165) is 0 Å². The zero-order valence-corrected chi connectivity index (χ0v) is 9.79. The van der Waals surface area contributed by atoms with Gasteiger partial charge >= 0.3 is 5.97 Å². The van der Waals surface area contributed by atoms with Crippen LogP contribution >= 0.6 is 0 Å². The third-order valence-electron chi connectivity index (χ3n) is 2.69. The van der Waals surface area contributed by atoms with Gasteiger partial charge in [-0.15, -0.1) is 0 Å². The van der Waals surface area contributed by atoms with Gasteiger partial charge in [0.2, 0.25) is 11.9 Å². The number of hydrogen-bond acceptors (Lipinski definition) is 7. The number of amides is 1. The Hall–Kier alpha value is -2.38. The van der Waals surface area contributed by atoms with Crippen molar-refractivity contribution < 1.29 is 14.3 Å². The molecule has 1 aromatic heterocycles. The average Bonchev–Trinajstić information content (AvgIpc) is 2.69. The summed E-state index contributed by atoms with van der Waals surface area (Å²) in [6.45, 7) is 0.210. The molecule has 0 aromatic carbocycles. The van der Waals surface area contributed by atoms with Gasteiger partial charge in [0.25, 0.3) is 0 Å². The Morgan fingerprint density at radius 2 is 2.22 bits per heavy atom. The second-order valence-corrected chi connectivity index (χ2v) is 3.94. The lowest BCUT2D eigenvalue weighted by molar-refractivity contribution is -0.145. The summed E-state index contributed by atoms with van der Waals surface area (Å²) in [5.74, 6) is -0.661. The molecule has 8 nitrogen and oxygen atoms in total. The van der Waals surface area contributed by atoms with Crippen LogP contribution in [0.3, 0.4) is 0 Å². The summed E-state index contributed by atoms with van der Waals surface area (Å²) in [6.07, 6.45) is 0.0937. The Bertz CT molecular complexity index is 484. The molecule has 0 radical (unpaired) electrons. The third-order valence-corrected chi connectivity index (χ3v) is 2.69. The highest BCUT2D eigenvalue weighted by Crippen LogP contribution is 2.25. The summed E-state index contributed by atoms with van der Waals surface area (Å²) < 4.78 is 4.61. The number of anilines is 3. The Morgan fingerprint density at radius 3 is 2.83 bits per heavy atom. The molecule has 1 saturated heterocycles. The SMILES string of the molecule is COC(=O)C1CC(=O)N(c2cc(N)nc(N)n2)C1. The molecule has 1 amide bonds. The lowest BCUT2D eigenvalue weighted by Crippen LogP contribution is -2.27. The smallest absolute Gasteiger partial charge is 0.311 e. The van der Waals surface area contributed by atoms with Crippen molar-refractivity contribution in [1.82, 2.24) is 9.97 Å². The van der Waals surface area contributed by atoms with E-state index in [0.29, 0.717) is 5.82 Å². The van der Waals surface area contributed by atoms with E-state index in [1.54, 1.807) is 0 Å². The van der Waals surface area contributed by atoms with Crippen LogP contribution in [0.5, 0.6) is 0 Å². The number of nitrogen functional groups attached to an aromatic ring is 2. The van der Waals surface area contributed by atoms with E-state index in [1.807, 2.05) is 0 Å². The van der Waals surface area contributed by atoms with E-state index >= 15 is 0 Å². The van der Waals surface area contributed by atoms with Gasteiger partial charge in [-0.25, -0.2) is 0 Å². The quantitative estimate of drug-likeness (QED) is 0.657. The molecule has 0 bridgehead atoms. The third kappa shape index (κ3) is 2.17. The van der Waals surface area contributed by atoms with Crippen molar-refractivity contribution >= 4 is 29.5 Å². The minimum atomic E-state index is -0.486. The molecule has 1 aliphatic heterocycles. The van der Waals surface area contributed by atoms with Gasteiger partial charge in [0.1, 0.15) is 11.6 Å². The van der Waals surface area contributed by atoms with Crippen molar-refractivity contribution in [1.29, 1.82) is 0 Å². The van der Waals surface area contributed by atoms with E-state index in [9.17, 15) is 9.59 Å². The minimum Gasteiger partial charge on any atom is -0.469 e. The zero-order chi connectivity index (χ0) is 13.3. The normalized spacial score (nSPS) is 19.1. The predicted octanol–water partition coefficient (Wildman–Crippen LogP) is -0.833. The molecular weight excluding hydrogens is 238 g/mol. The predicted molar refractivity (Wildman–Crippen MR) is 63.3 cm³/mol. The van der Waals surface area contributed by atoms with Crippen LogP contribution in [0.1, 0.15) is 6.42 Å². The first-order chi connectivity index (χ1) is 8.51. The fourth-order valence-electron chi connectivity index (χ4n) is 1.86. The number of carbonyl (C=O) groups excluding carboxylic acids is 2. The standard InChI is InChI=1S/C10H13N5O3/c1-18-9(17)5-2-8(16)15(4-5)7-3-6(11)13-10(12)14-7/h3,5H,2,4H2,1H3,(H4,11,12,13,14). The summed E-state index contributed by atoms with van der Waals surface area (Å²) in [5, 5.41) is 0. The lowest BCUT2D eigenvalue weighted by atomic mass is 10.1. The van der Waals surface area contributed by atoms with Gasteiger partial charge in [0.05, 0.1) is 13.0 Å². The largest absolute Gasteiger partial charge is 0.469 e. The van der Waals surface area contributed by atoms with Crippen molar-refractivity contribution in [3.63, 3.8) is 0 Å². The molecule has 0 aliphatic carbocycles. The molecule has 1 aromatic rings. The van der Waals surface area contributed by atoms with Crippen LogP contribution in [-0.2, 0) is 14.3 Å². The van der Waals surface area contributed by atoms with Gasteiger partial charge in [-0.1, -0.05) is 0 Å². The number of rotatable bonds is 2. The van der Waals surface area contributed by atoms with Crippen molar-refractivity contribution in [3.8, 4) is 0 Å². The molecule has 2 heterocycles. The Balaban J connectivity index is 2.24. The number of nitrogens with zero attached hydrogens (tertiary/aromatic N) is 3. The summed E-state index contributed by atoms with van der Waals surface area (Å²) in [7, 11) is 1.29. The van der Waals surface area contributed by atoms with Crippen LogP contribution in [0.4, 0.5) is 17.6 Å². The first-order valence-corrected chi connectivity index (χ1v) is 5.29.